The van der Waals surface area contributed by atoms with Crippen molar-refractivity contribution in [2.75, 3.05) is 20.1 Å². The molecule has 15 heavy (non-hydrogen) atoms. The van der Waals surface area contributed by atoms with Crippen molar-refractivity contribution in [2.24, 2.45) is 11.7 Å². The van der Waals surface area contributed by atoms with Gasteiger partial charge >= 0.3 is 0 Å². The third kappa shape index (κ3) is 4.12. The summed E-state index contributed by atoms with van der Waals surface area (Å²) in [5.41, 5.74) is 5.93. The Morgan fingerprint density at radius 3 is 2.47 bits per heavy atom. The summed E-state index contributed by atoms with van der Waals surface area (Å²) < 4.78 is 0. The Morgan fingerprint density at radius 2 is 1.93 bits per heavy atom. The lowest BCUT2D eigenvalue weighted by Crippen LogP contribution is -2.44. The van der Waals surface area contributed by atoms with Gasteiger partial charge in [0.2, 0.25) is 0 Å². The lowest BCUT2D eigenvalue weighted by molar-refractivity contribution is 0.147. The molecule has 1 fully saturated rings. The SMILES string of the molecule is CCCCN(C)C(CN)C1CCCCC1. The zero-order valence-electron chi connectivity index (χ0n) is 10.5. The normalized spacial score (nSPS) is 20.8. The second-order valence-electron chi connectivity index (χ2n) is 5.04. The summed E-state index contributed by atoms with van der Waals surface area (Å²) in [6, 6.07) is 0.636. The van der Waals surface area contributed by atoms with Gasteiger partial charge in [-0.2, -0.15) is 0 Å². The quantitative estimate of drug-likeness (QED) is 0.733. The second-order valence-corrected chi connectivity index (χ2v) is 5.04. The van der Waals surface area contributed by atoms with Crippen molar-refractivity contribution < 1.29 is 0 Å². The lowest BCUT2D eigenvalue weighted by Gasteiger charge is -2.36. The third-order valence-electron chi connectivity index (χ3n) is 3.87. The Hall–Kier alpha value is -0.0800. The highest BCUT2D eigenvalue weighted by Crippen LogP contribution is 2.28. The van der Waals surface area contributed by atoms with Crippen molar-refractivity contribution >= 4 is 0 Å². The summed E-state index contributed by atoms with van der Waals surface area (Å²) in [5, 5.41) is 0. The largest absolute Gasteiger partial charge is 0.329 e. The van der Waals surface area contributed by atoms with Crippen LogP contribution >= 0.6 is 0 Å². The van der Waals surface area contributed by atoms with Crippen molar-refractivity contribution in [1.29, 1.82) is 0 Å². The topological polar surface area (TPSA) is 29.3 Å². The number of nitrogens with two attached hydrogens (primary N) is 1. The van der Waals surface area contributed by atoms with Crippen LogP contribution in [0, 0.1) is 5.92 Å². The van der Waals surface area contributed by atoms with Crippen LogP contribution in [0.3, 0.4) is 0 Å². The molecule has 1 aliphatic rings. The average molecular weight is 212 g/mol. The van der Waals surface area contributed by atoms with E-state index in [1.165, 1.54) is 51.5 Å². The van der Waals surface area contributed by atoms with Gasteiger partial charge in [0, 0.05) is 12.6 Å². The molecule has 1 unspecified atom stereocenters. The summed E-state index contributed by atoms with van der Waals surface area (Å²) in [6.45, 7) is 4.31. The van der Waals surface area contributed by atoms with Gasteiger partial charge in [0.05, 0.1) is 0 Å². The second kappa shape index (κ2) is 7.24. The van der Waals surface area contributed by atoms with E-state index in [2.05, 4.69) is 18.9 Å². The minimum absolute atomic E-state index is 0.636. The van der Waals surface area contributed by atoms with E-state index in [4.69, 9.17) is 5.73 Å². The van der Waals surface area contributed by atoms with Crippen LogP contribution in [0.25, 0.3) is 0 Å². The van der Waals surface area contributed by atoms with Crippen LogP contribution < -0.4 is 5.73 Å². The van der Waals surface area contributed by atoms with Crippen molar-refractivity contribution in [1.82, 2.24) is 4.90 Å². The van der Waals surface area contributed by atoms with Crippen LogP contribution in [0.5, 0.6) is 0 Å². The maximum absolute atomic E-state index is 5.93. The molecule has 2 nitrogen and oxygen atoms in total. The Balaban J connectivity index is 2.37. The smallest absolute Gasteiger partial charge is 0.0243 e. The molecule has 1 rings (SSSR count). The monoisotopic (exact) mass is 212 g/mol. The van der Waals surface area contributed by atoms with Gasteiger partial charge in [0.25, 0.3) is 0 Å². The van der Waals surface area contributed by atoms with E-state index in [-0.39, 0.29) is 0 Å². The molecule has 90 valence electrons. The van der Waals surface area contributed by atoms with Crippen LogP contribution in [0.4, 0.5) is 0 Å². The van der Waals surface area contributed by atoms with E-state index in [1.54, 1.807) is 0 Å². The number of unbranched alkanes of at least 4 members (excludes halogenated alkanes) is 1. The van der Waals surface area contributed by atoms with Crippen molar-refractivity contribution in [3.05, 3.63) is 0 Å². The number of likely N-dealkylation sites (N-methyl/N-ethyl adjacent to an activating group) is 1. The molecule has 0 bridgehead atoms. The van der Waals surface area contributed by atoms with Crippen LogP contribution in [0.1, 0.15) is 51.9 Å². The Bertz CT molecular complexity index is 153. The van der Waals surface area contributed by atoms with Crippen molar-refractivity contribution in [3.8, 4) is 0 Å². The fraction of sp³-hybridized carbons (Fsp3) is 1.00. The lowest BCUT2D eigenvalue weighted by atomic mass is 9.83. The van der Waals surface area contributed by atoms with Gasteiger partial charge in [-0.15, -0.1) is 0 Å². The van der Waals surface area contributed by atoms with Gasteiger partial charge in [-0.05, 0) is 38.8 Å². The molecule has 0 amide bonds. The summed E-state index contributed by atoms with van der Waals surface area (Å²) in [4.78, 5) is 2.50. The standard InChI is InChI=1S/C13H28N2/c1-3-4-10-15(2)13(11-14)12-8-6-5-7-9-12/h12-13H,3-11,14H2,1-2H3. The minimum atomic E-state index is 0.636. The van der Waals surface area contributed by atoms with Gasteiger partial charge in [0.15, 0.2) is 0 Å². The van der Waals surface area contributed by atoms with E-state index < -0.39 is 0 Å². The first-order chi connectivity index (χ1) is 7.29. The maximum Gasteiger partial charge on any atom is 0.0243 e. The predicted molar refractivity (Wildman–Crippen MR) is 67.0 cm³/mol. The molecular weight excluding hydrogens is 184 g/mol. The molecule has 0 saturated heterocycles. The van der Waals surface area contributed by atoms with E-state index in [9.17, 15) is 0 Å². The molecule has 0 aliphatic heterocycles. The van der Waals surface area contributed by atoms with Gasteiger partial charge in [-0.25, -0.2) is 0 Å². The zero-order valence-corrected chi connectivity index (χ0v) is 10.5. The van der Waals surface area contributed by atoms with Gasteiger partial charge in [-0.3, -0.25) is 0 Å². The molecule has 2 heteroatoms. The first-order valence-corrected chi connectivity index (χ1v) is 6.70. The Kier molecular flexibility index (Phi) is 6.26. The molecule has 0 spiro atoms. The Labute approximate surface area is 95.2 Å². The number of nitrogens with zero attached hydrogens (tertiary/aromatic N) is 1. The van der Waals surface area contributed by atoms with Crippen LogP contribution in [-0.4, -0.2) is 31.1 Å². The maximum atomic E-state index is 5.93. The van der Waals surface area contributed by atoms with Crippen molar-refractivity contribution in [2.45, 2.75) is 57.9 Å². The fourth-order valence-electron chi connectivity index (χ4n) is 2.82. The third-order valence-corrected chi connectivity index (χ3v) is 3.87. The molecular formula is C13H28N2. The molecule has 0 aromatic carbocycles. The first-order valence-electron chi connectivity index (χ1n) is 6.70. The minimum Gasteiger partial charge on any atom is -0.329 e. The van der Waals surface area contributed by atoms with Crippen LogP contribution in [0.2, 0.25) is 0 Å². The molecule has 1 atom stereocenters. The highest BCUT2D eigenvalue weighted by Gasteiger charge is 2.25. The molecule has 1 saturated carbocycles. The predicted octanol–water partition coefficient (Wildman–Crippen LogP) is 2.63. The van der Waals surface area contributed by atoms with Crippen LogP contribution in [-0.2, 0) is 0 Å². The summed E-state index contributed by atoms with van der Waals surface area (Å²) in [6.07, 6.45) is 9.67. The van der Waals surface area contributed by atoms with Crippen LogP contribution in [0.15, 0.2) is 0 Å². The average Bonchev–Trinajstić information content (AvgIpc) is 2.29. The molecule has 0 aromatic rings. The molecule has 1 aliphatic carbocycles. The molecule has 0 heterocycles. The molecule has 0 aromatic heterocycles. The van der Waals surface area contributed by atoms with Gasteiger partial charge < -0.3 is 10.6 Å². The molecule has 0 radical (unpaired) electrons. The van der Waals surface area contributed by atoms with Gasteiger partial charge in [0.1, 0.15) is 0 Å². The van der Waals surface area contributed by atoms with E-state index in [1.807, 2.05) is 0 Å². The summed E-state index contributed by atoms with van der Waals surface area (Å²) in [7, 11) is 2.25. The summed E-state index contributed by atoms with van der Waals surface area (Å²) in [5.74, 6) is 0.866. The fourth-order valence-corrected chi connectivity index (χ4v) is 2.82. The first kappa shape index (κ1) is 13.0. The molecule has 2 N–H and O–H groups in total. The van der Waals surface area contributed by atoms with Crippen molar-refractivity contribution in [3.63, 3.8) is 0 Å². The zero-order chi connectivity index (χ0) is 11.1. The van der Waals surface area contributed by atoms with Gasteiger partial charge in [-0.1, -0.05) is 32.6 Å². The summed E-state index contributed by atoms with van der Waals surface area (Å²) >= 11 is 0. The van der Waals surface area contributed by atoms with E-state index in [0.29, 0.717) is 6.04 Å². The van der Waals surface area contributed by atoms with E-state index in [0.717, 1.165) is 12.5 Å². The van der Waals surface area contributed by atoms with E-state index >= 15 is 0 Å². The number of rotatable bonds is 6. The number of hydrogen-bond donors (Lipinski definition) is 1. The Morgan fingerprint density at radius 1 is 1.27 bits per heavy atom. The highest BCUT2D eigenvalue weighted by molar-refractivity contribution is 4.81. The highest BCUT2D eigenvalue weighted by atomic mass is 15.1. The number of hydrogen-bond acceptors (Lipinski definition) is 2.